The first kappa shape index (κ1) is 18.9. The molecule has 0 aromatic heterocycles. The van der Waals surface area contributed by atoms with Crippen LogP contribution in [0.1, 0.15) is 55.7 Å². The van der Waals surface area contributed by atoms with E-state index in [0.29, 0.717) is 0 Å². The van der Waals surface area contributed by atoms with Gasteiger partial charge in [0.25, 0.3) is 0 Å². The Bertz CT molecular complexity index is 683. The number of alkyl halides is 2. The minimum absolute atomic E-state index is 0.103. The summed E-state index contributed by atoms with van der Waals surface area (Å²) in [5, 5.41) is 0. The molecular weight excluding hydrogens is 330 g/mol. The maximum Gasteiger partial charge on any atom is 0.426 e. The lowest BCUT2D eigenvalue weighted by atomic mass is 9.80. The van der Waals surface area contributed by atoms with Crippen molar-refractivity contribution in [2.24, 2.45) is 11.8 Å². The molecule has 1 nitrogen and oxygen atoms in total. The van der Waals surface area contributed by atoms with Crippen molar-refractivity contribution in [2.45, 2.75) is 58.5 Å². The predicted octanol–water partition coefficient (Wildman–Crippen LogP) is 6.88. The highest BCUT2D eigenvalue weighted by atomic mass is 19.3. The molecule has 140 valence electrons. The topological polar surface area (TPSA) is 9.23 Å². The van der Waals surface area contributed by atoms with Gasteiger partial charge in [0.2, 0.25) is 0 Å². The summed E-state index contributed by atoms with van der Waals surface area (Å²) in [7, 11) is 0. The van der Waals surface area contributed by atoms with Gasteiger partial charge in [0.05, 0.1) is 5.56 Å². The molecule has 0 N–H and O–H groups in total. The SMILES string of the molecule is Cc1ccc(OC(F)(F)c2ccc(CCC3CCC(C)CC3)cc2)cc1. The van der Waals surface area contributed by atoms with Crippen molar-refractivity contribution in [3.63, 3.8) is 0 Å². The Morgan fingerprint density at radius 2 is 1.54 bits per heavy atom. The molecule has 26 heavy (non-hydrogen) atoms. The number of hydrogen-bond donors (Lipinski definition) is 0. The molecular formula is C23H28F2O. The first-order valence-electron chi connectivity index (χ1n) is 9.65. The van der Waals surface area contributed by atoms with Gasteiger partial charge in [-0.2, -0.15) is 8.78 Å². The van der Waals surface area contributed by atoms with E-state index >= 15 is 0 Å². The Hall–Kier alpha value is -1.90. The summed E-state index contributed by atoms with van der Waals surface area (Å²) in [6, 6.07) is 13.3. The Kier molecular flexibility index (Phi) is 5.95. The van der Waals surface area contributed by atoms with Crippen LogP contribution in [-0.2, 0) is 12.5 Å². The van der Waals surface area contributed by atoms with Crippen LogP contribution in [0.15, 0.2) is 48.5 Å². The van der Waals surface area contributed by atoms with Gasteiger partial charge >= 0.3 is 6.11 Å². The monoisotopic (exact) mass is 358 g/mol. The van der Waals surface area contributed by atoms with Crippen LogP contribution in [0.5, 0.6) is 5.75 Å². The normalized spacial score (nSPS) is 20.8. The summed E-state index contributed by atoms with van der Waals surface area (Å²) in [6.45, 7) is 4.24. The summed E-state index contributed by atoms with van der Waals surface area (Å²) in [6.07, 6.45) is 4.06. The molecule has 1 saturated carbocycles. The third-order valence-corrected chi connectivity index (χ3v) is 5.53. The number of benzene rings is 2. The van der Waals surface area contributed by atoms with Crippen LogP contribution in [0.25, 0.3) is 0 Å². The minimum Gasteiger partial charge on any atom is -0.429 e. The molecule has 1 aliphatic carbocycles. The highest BCUT2D eigenvalue weighted by Gasteiger charge is 2.34. The van der Waals surface area contributed by atoms with Crippen LogP contribution >= 0.6 is 0 Å². The lowest BCUT2D eigenvalue weighted by molar-refractivity contribution is -0.185. The van der Waals surface area contributed by atoms with Crippen molar-refractivity contribution in [2.75, 3.05) is 0 Å². The average Bonchev–Trinajstić information content (AvgIpc) is 2.63. The fourth-order valence-electron chi connectivity index (χ4n) is 3.67. The van der Waals surface area contributed by atoms with Gasteiger partial charge in [0, 0.05) is 0 Å². The molecule has 0 atom stereocenters. The van der Waals surface area contributed by atoms with Crippen molar-refractivity contribution < 1.29 is 13.5 Å². The first-order valence-corrected chi connectivity index (χ1v) is 9.65. The molecule has 1 fully saturated rings. The molecule has 0 bridgehead atoms. The summed E-state index contributed by atoms with van der Waals surface area (Å²) in [4.78, 5) is 0. The van der Waals surface area contributed by atoms with E-state index in [-0.39, 0.29) is 11.3 Å². The third-order valence-electron chi connectivity index (χ3n) is 5.53. The summed E-state index contributed by atoms with van der Waals surface area (Å²) in [5.41, 5.74) is 2.03. The van der Waals surface area contributed by atoms with E-state index in [9.17, 15) is 8.78 Å². The number of ether oxygens (including phenoxy) is 1. The lowest BCUT2D eigenvalue weighted by Gasteiger charge is -2.26. The summed E-state index contributed by atoms with van der Waals surface area (Å²) >= 11 is 0. The largest absolute Gasteiger partial charge is 0.429 e. The fraction of sp³-hybridized carbons (Fsp3) is 0.478. The molecule has 0 spiro atoms. The first-order chi connectivity index (χ1) is 12.4. The number of halogens is 2. The van der Waals surface area contributed by atoms with Gasteiger partial charge in [-0.1, -0.05) is 62.4 Å². The smallest absolute Gasteiger partial charge is 0.426 e. The Balaban J connectivity index is 1.56. The zero-order valence-corrected chi connectivity index (χ0v) is 15.7. The van der Waals surface area contributed by atoms with E-state index in [2.05, 4.69) is 6.92 Å². The van der Waals surface area contributed by atoms with Crippen molar-refractivity contribution in [3.05, 3.63) is 65.2 Å². The van der Waals surface area contributed by atoms with Crippen LogP contribution in [0, 0.1) is 18.8 Å². The van der Waals surface area contributed by atoms with Gasteiger partial charge in [-0.15, -0.1) is 0 Å². The van der Waals surface area contributed by atoms with Gasteiger partial charge in [-0.25, -0.2) is 0 Å². The molecule has 2 aromatic carbocycles. The average molecular weight is 358 g/mol. The highest BCUT2D eigenvalue weighted by Crippen LogP contribution is 2.33. The molecule has 1 aliphatic rings. The van der Waals surface area contributed by atoms with E-state index in [1.165, 1.54) is 37.8 Å². The highest BCUT2D eigenvalue weighted by molar-refractivity contribution is 5.29. The molecule has 0 aliphatic heterocycles. The molecule has 0 saturated heterocycles. The number of aryl methyl sites for hydroxylation is 2. The second-order valence-corrected chi connectivity index (χ2v) is 7.79. The van der Waals surface area contributed by atoms with E-state index in [1.54, 1.807) is 24.3 Å². The zero-order chi connectivity index (χ0) is 18.6. The van der Waals surface area contributed by atoms with Crippen molar-refractivity contribution in [3.8, 4) is 5.75 Å². The standard InChI is InChI=1S/C23H28F2O/c1-17-3-7-19(8-4-17)9-10-20-11-13-21(14-12-20)23(24,25)26-22-15-5-18(2)6-16-22/h5-6,11-17,19H,3-4,7-10H2,1-2H3. The zero-order valence-electron chi connectivity index (χ0n) is 15.7. The van der Waals surface area contributed by atoms with Crippen LogP contribution in [-0.4, -0.2) is 0 Å². The summed E-state index contributed by atoms with van der Waals surface area (Å²) < 4.78 is 33.6. The van der Waals surface area contributed by atoms with E-state index in [0.717, 1.165) is 35.8 Å². The second kappa shape index (κ2) is 8.20. The van der Waals surface area contributed by atoms with Crippen molar-refractivity contribution in [1.82, 2.24) is 0 Å². The lowest BCUT2D eigenvalue weighted by Crippen LogP contribution is -2.21. The maximum atomic E-state index is 14.4. The van der Waals surface area contributed by atoms with Gasteiger partial charge < -0.3 is 4.74 Å². The Morgan fingerprint density at radius 3 is 2.15 bits per heavy atom. The van der Waals surface area contributed by atoms with Crippen molar-refractivity contribution in [1.29, 1.82) is 0 Å². The van der Waals surface area contributed by atoms with E-state index in [4.69, 9.17) is 4.74 Å². The molecule has 0 heterocycles. The van der Waals surface area contributed by atoms with Gasteiger partial charge in [-0.05, 0) is 61.4 Å². The van der Waals surface area contributed by atoms with E-state index < -0.39 is 6.11 Å². The van der Waals surface area contributed by atoms with Crippen LogP contribution < -0.4 is 4.74 Å². The maximum absolute atomic E-state index is 14.4. The quantitative estimate of drug-likeness (QED) is 0.547. The van der Waals surface area contributed by atoms with Crippen LogP contribution in [0.3, 0.4) is 0 Å². The summed E-state index contributed by atoms with van der Waals surface area (Å²) in [5.74, 6) is 1.83. The predicted molar refractivity (Wildman–Crippen MR) is 102 cm³/mol. The number of rotatable bonds is 6. The minimum atomic E-state index is -3.33. The van der Waals surface area contributed by atoms with Crippen LogP contribution in [0.4, 0.5) is 8.78 Å². The van der Waals surface area contributed by atoms with Crippen LogP contribution in [0.2, 0.25) is 0 Å². The third kappa shape index (κ3) is 5.06. The fourth-order valence-corrected chi connectivity index (χ4v) is 3.67. The molecule has 0 amide bonds. The van der Waals surface area contributed by atoms with E-state index in [1.807, 2.05) is 19.1 Å². The molecule has 2 aromatic rings. The van der Waals surface area contributed by atoms with Gasteiger partial charge in [0.15, 0.2) is 0 Å². The Labute approximate surface area is 155 Å². The second-order valence-electron chi connectivity index (χ2n) is 7.79. The van der Waals surface area contributed by atoms with Gasteiger partial charge in [0.1, 0.15) is 5.75 Å². The molecule has 3 rings (SSSR count). The molecule has 3 heteroatoms. The van der Waals surface area contributed by atoms with Crippen molar-refractivity contribution >= 4 is 0 Å². The molecule has 0 radical (unpaired) electrons. The molecule has 0 unspecified atom stereocenters. The Morgan fingerprint density at radius 1 is 0.923 bits per heavy atom. The number of hydrogen-bond acceptors (Lipinski definition) is 1. The van der Waals surface area contributed by atoms with Gasteiger partial charge in [-0.3, -0.25) is 0 Å².